The van der Waals surface area contributed by atoms with Crippen molar-refractivity contribution in [1.29, 1.82) is 0 Å². The van der Waals surface area contributed by atoms with Crippen molar-refractivity contribution in [2.24, 2.45) is 0 Å². The molecule has 0 aliphatic heterocycles. The molecule has 0 unspecified atom stereocenters. The SMILES string of the molecule is COc1c(C)cnc(Cn2cnc3ccccc32)c1C. The van der Waals surface area contributed by atoms with Crippen LogP contribution in [0.2, 0.25) is 0 Å². The van der Waals surface area contributed by atoms with Crippen molar-refractivity contribution in [3.8, 4) is 5.75 Å². The van der Waals surface area contributed by atoms with Gasteiger partial charge in [0, 0.05) is 17.3 Å². The third kappa shape index (κ3) is 2.03. The lowest BCUT2D eigenvalue weighted by atomic mass is 10.1. The van der Waals surface area contributed by atoms with Gasteiger partial charge in [-0.2, -0.15) is 0 Å². The number of methoxy groups -OCH3 is 1. The van der Waals surface area contributed by atoms with E-state index < -0.39 is 0 Å². The number of imidazole rings is 1. The number of pyridine rings is 1. The van der Waals surface area contributed by atoms with Gasteiger partial charge in [-0.15, -0.1) is 0 Å². The molecule has 20 heavy (non-hydrogen) atoms. The van der Waals surface area contributed by atoms with E-state index in [1.165, 1.54) is 0 Å². The number of para-hydroxylation sites is 2. The molecule has 0 radical (unpaired) electrons. The maximum Gasteiger partial charge on any atom is 0.128 e. The fourth-order valence-electron chi connectivity index (χ4n) is 2.53. The van der Waals surface area contributed by atoms with Crippen LogP contribution in [0, 0.1) is 13.8 Å². The largest absolute Gasteiger partial charge is 0.496 e. The van der Waals surface area contributed by atoms with Crippen molar-refractivity contribution >= 4 is 11.0 Å². The second kappa shape index (κ2) is 4.96. The van der Waals surface area contributed by atoms with E-state index in [2.05, 4.69) is 20.6 Å². The fourth-order valence-corrected chi connectivity index (χ4v) is 2.53. The summed E-state index contributed by atoms with van der Waals surface area (Å²) in [5, 5.41) is 0. The van der Waals surface area contributed by atoms with Gasteiger partial charge < -0.3 is 9.30 Å². The molecule has 1 aromatic carbocycles. The number of nitrogens with zero attached hydrogens (tertiary/aromatic N) is 3. The van der Waals surface area contributed by atoms with E-state index in [4.69, 9.17) is 4.74 Å². The lowest BCUT2D eigenvalue weighted by Gasteiger charge is -2.13. The number of hydrogen-bond donors (Lipinski definition) is 0. The van der Waals surface area contributed by atoms with E-state index in [1.807, 2.05) is 44.6 Å². The quantitative estimate of drug-likeness (QED) is 0.732. The Morgan fingerprint density at radius 3 is 2.75 bits per heavy atom. The summed E-state index contributed by atoms with van der Waals surface area (Å²) < 4.78 is 7.57. The van der Waals surface area contributed by atoms with Crippen LogP contribution in [0.5, 0.6) is 5.75 Å². The van der Waals surface area contributed by atoms with Gasteiger partial charge in [-0.25, -0.2) is 4.98 Å². The highest BCUT2D eigenvalue weighted by Crippen LogP contribution is 2.25. The van der Waals surface area contributed by atoms with Gasteiger partial charge in [0.25, 0.3) is 0 Å². The Morgan fingerprint density at radius 1 is 1.15 bits per heavy atom. The van der Waals surface area contributed by atoms with Gasteiger partial charge in [0.1, 0.15) is 5.75 Å². The summed E-state index contributed by atoms with van der Waals surface area (Å²) in [4.78, 5) is 8.95. The van der Waals surface area contributed by atoms with Gasteiger partial charge in [-0.1, -0.05) is 12.1 Å². The summed E-state index contributed by atoms with van der Waals surface area (Å²) in [5.74, 6) is 0.916. The summed E-state index contributed by atoms with van der Waals surface area (Å²) >= 11 is 0. The molecule has 4 nitrogen and oxygen atoms in total. The molecule has 0 N–H and O–H groups in total. The average molecular weight is 267 g/mol. The maximum absolute atomic E-state index is 5.46. The molecule has 0 saturated heterocycles. The first-order chi connectivity index (χ1) is 9.70. The zero-order chi connectivity index (χ0) is 14.1. The molecule has 0 atom stereocenters. The van der Waals surface area contributed by atoms with E-state index in [-0.39, 0.29) is 0 Å². The van der Waals surface area contributed by atoms with Gasteiger partial charge in [-0.05, 0) is 26.0 Å². The smallest absolute Gasteiger partial charge is 0.128 e. The molecule has 0 bridgehead atoms. The van der Waals surface area contributed by atoms with Crippen LogP contribution in [-0.2, 0) is 6.54 Å². The van der Waals surface area contributed by atoms with Crippen LogP contribution in [0.1, 0.15) is 16.8 Å². The fraction of sp³-hybridized carbons (Fsp3) is 0.250. The molecule has 4 heteroatoms. The van der Waals surface area contributed by atoms with Crippen molar-refractivity contribution < 1.29 is 4.74 Å². The van der Waals surface area contributed by atoms with Crippen molar-refractivity contribution in [1.82, 2.24) is 14.5 Å². The van der Waals surface area contributed by atoms with Crippen molar-refractivity contribution in [2.45, 2.75) is 20.4 Å². The van der Waals surface area contributed by atoms with E-state index in [0.29, 0.717) is 6.54 Å². The molecule has 3 rings (SSSR count). The van der Waals surface area contributed by atoms with Gasteiger partial charge in [-0.3, -0.25) is 4.98 Å². The molecule has 0 fully saturated rings. The lowest BCUT2D eigenvalue weighted by Crippen LogP contribution is -2.05. The topological polar surface area (TPSA) is 39.9 Å². The van der Waals surface area contributed by atoms with E-state index in [0.717, 1.165) is 33.6 Å². The summed E-state index contributed by atoms with van der Waals surface area (Å²) in [6.45, 7) is 4.76. The van der Waals surface area contributed by atoms with Crippen LogP contribution < -0.4 is 4.74 Å². The Kier molecular flexibility index (Phi) is 3.14. The Labute approximate surface area is 118 Å². The first-order valence-electron chi connectivity index (χ1n) is 6.59. The molecule has 0 amide bonds. The van der Waals surface area contributed by atoms with Crippen molar-refractivity contribution in [3.05, 3.63) is 53.6 Å². The van der Waals surface area contributed by atoms with Gasteiger partial charge in [0.05, 0.1) is 36.7 Å². The molecule has 3 aromatic rings. The Morgan fingerprint density at radius 2 is 1.95 bits per heavy atom. The number of rotatable bonds is 3. The van der Waals surface area contributed by atoms with Crippen LogP contribution in [0.4, 0.5) is 0 Å². The molecule has 102 valence electrons. The molecule has 0 saturated carbocycles. The van der Waals surface area contributed by atoms with Crippen LogP contribution in [0.3, 0.4) is 0 Å². The minimum absolute atomic E-state index is 0.697. The second-order valence-electron chi connectivity index (χ2n) is 4.91. The number of fused-ring (bicyclic) bond motifs is 1. The Balaban J connectivity index is 2.03. The minimum Gasteiger partial charge on any atom is -0.496 e. The zero-order valence-corrected chi connectivity index (χ0v) is 11.9. The molecule has 0 aliphatic rings. The number of hydrogen-bond acceptors (Lipinski definition) is 3. The summed E-state index contributed by atoms with van der Waals surface area (Å²) in [6.07, 6.45) is 3.72. The Hall–Kier alpha value is -2.36. The third-order valence-corrected chi connectivity index (χ3v) is 3.60. The minimum atomic E-state index is 0.697. The third-order valence-electron chi connectivity index (χ3n) is 3.60. The molecular weight excluding hydrogens is 250 g/mol. The highest BCUT2D eigenvalue weighted by molar-refractivity contribution is 5.75. The van der Waals surface area contributed by atoms with E-state index in [9.17, 15) is 0 Å². The number of aromatic nitrogens is 3. The number of benzene rings is 1. The first-order valence-corrected chi connectivity index (χ1v) is 6.59. The molecule has 0 aliphatic carbocycles. The number of ether oxygens (including phenoxy) is 1. The predicted molar refractivity (Wildman–Crippen MR) is 79.1 cm³/mol. The standard InChI is InChI=1S/C16H17N3O/c1-11-8-17-14(12(2)16(11)20-3)9-19-10-18-13-6-4-5-7-15(13)19/h4-8,10H,9H2,1-3H3. The lowest BCUT2D eigenvalue weighted by molar-refractivity contribution is 0.406. The summed E-state index contributed by atoms with van der Waals surface area (Å²) in [5.41, 5.74) is 5.28. The summed E-state index contributed by atoms with van der Waals surface area (Å²) in [7, 11) is 1.70. The zero-order valence-electron chi connectivity index (χ0n) is 11.9. The second-order valence-corrected chi connectivity index (χ2v) is 4.91. The highest BCUT2D eigenvalue weighted by atomic mass is 16.5. The average Bonchev–Trinajstić information content (AvgIpc) is 2.86. The monoisotopic (exact) mass is 267 g/mol. The van der Waals surface area contributed by atoms with Crippen LogP contribution >= 0.6 is 0 Å². The van der Waals surface area contributed by atoms with E-state index >= 15 is 0 Å². The predicted octanol–water partition coefficient (Wildman–Crippen LogP) is 3.11. The highest BCUT2D eigenvalue weighted by Gasteiger charge is 2.11. The molecular formula is C16H17N3O. The number of aryl methyl sites for hydroxylation is 1. The van der Waals surface area contributed by atoms with Crippen molar-refractivity contribution in [3.63, 3.8) is 0 Å². The normalized spacial score (nSPS) is 10.9. The Bertz CT molecular complexity index is 762. The van der Waals surface area contributed by atoms with Gasteiger partial charge in [0.15, 0.2) is 0 Å². The first kappa shape index (κ1) is 12.7. The molecule has 2 aromatic heterocycles. The van der Waals surface area contributed by atoms with Crippen LogP contribution in [-0.4, -0.2) is 21.6 Å². The molecule has 0 spiro atoms. The maximum atomic E-state index is 5.46. The summed E-state index contributed by atoms with van der Waals surface area (Å²) in [6, 6.07) is 8.11. The van der Waals surface area contributed by atoms with E-state index in [1.54, 1.807) is 7.11 Å². The van der Waals surface area contributed by atoms with Gasteiger partial charge >= 0.3 is 0 Å². The van der Waals surface area contributed by atoms with Crippen LogP contribution in [0.15, 0.2) is 36.8 Å². The van der Waals surface area contributed by atoms with Gasteiger partial charge in [0.2, 0.25) is 0 Å². The van der Waals surface area contributed by atoms with Crippen LogP contribution in [0.25, 0.3) is 11.0 Å². The van der Waals surface area contributed by atoms with Crippen molar-refractivity contribution in [2.75, 3.05) is 7.11 Å². The molecule has 2 heterocycles.